The van der Waals surface area contributed by atoms with E-state index in [-0.39, 0.29) is 0 Å². The van der Waals surface area contributed by atoms with E-state index < -0.39 is 0 Å². The van der Waals surface area contributed by atoms with Gasteiger partial charge in [-0.15, -0.1) is 0 Å². The maximum absolute atomic E-state index is 8.70. The van der Waals surface area contributed by atoms with E-state index in [1.807, 2.05) is 41.2 Å². The molecule has 1 heterocycles. The normalized spacial score (nSPS) is 10.6. The molecule has 17 heavy (non-hydrogen) atoms. The third-order valence-corrected chi connectivity index (χ3v) is 2.78. The number of benzene rings is 1. The van der Waals surface area contributed by atoms with E-state index in [9.17, 15) is 0 Å². The number of aliphatic hydroxyl groups excluding tert-OH is 1. The first-order valence-corrected chi connectivity index (χ1v) is 6.10. The van der Waals surface area contributed by atoms with Gasteiger partial charge in [-0.05, 0) is 37.0 Å². The van der Waals surface area contributed by atoms with Gasteiger partial charge in [0.25, 0.3) is 0 Å². The topological polar surface area (TPSA) is 38.1 Å². The van der Waals surface area contributed by atoms with Gasteiger partial charge in [-0.2, -0.15) is 5.10 Å². The van der Waals surface area contributed by atoms with Gasteiger partial charge >= 0.3 is 0 Å². The minimum Gasteiger partial charge on any atom is -0.396 e. The summed E-state index contributed by atoms with van der Waals surface area (Å²) in [5.74, 6) is 0. The highest BCUT2D eigenvalue weighted by atomic mass is 16.2. The van der Waals surface area contributed by atoms with Gasteiger partial charge in [0.15, 0.2) is 0 Å². The molecule has 1 aromatic carbocycles. The summed E-state index contributed by atoms with van der Waals surface area (Å²) < 4.78 is 1.90. The molecule has 2 aromatic rings. The summed E-state index contributed by atoms with van der Waals surface area (Å²) in [4.78, 5) is 0. The molecular weight excluding hydrogens is 212 g/mol. The van der Waals surface area contributed by atoms with Gasteiger partial charge in [0.1, 0.15) is 0 Å². The quantitative estimate of drug-likeness (QED) is 0.774. The van der Waals surface area contributed by atoms with E-state index in [2.05, 4.69) is 11.3 Å². The average molecular weight is 230 g/mol. The minimum absolute atomic E-state index is 0.295. The van der Waals surface area contributed by atoms with Crippen molar-refractivity contribution in [1.29, 1.82) is 0 Å². The van der Waals surface area contributed by atoms with Gasteiger partial charge < -0.3 is 5.11 Å². The maximum Gasteiger partial charge on any atom is 0.0645 e. The fourth-order valence-corrected chi connectivity index (χ4v) is 1.83. The van der Waals surface area contributed by atoms with Crippen molar-refractivity contribution in [3.05, 3.63) is 48.3 Å². The Morgan fingerprint density at radius 2 is 1.88 bits per heavy atom. The van der Waals surface area contributed by atoms with E-state index in [0.29, 0.717) is 6.61 Å². The molecule has 3 heteroatoms. The van der Waals surface area contributed by atoms with Crippen LogP contribution in [0.2, 0.25) is 0 Å². The first kappa shape index (κ1) is 11.9. The molecule has 3 nitrogen and oxygen atoms in total. The van der Waals surface area contributed by atoms with Gasteiger partial charge in [0, 0.05) is 12.8 Å². The number of unbranched alkanes of at least 4 members (excludes halogenated alkanes) is 2. The Labute approximate surface area is 102 Å². The molecule has 0 aliphatic rings. The van der Waals surface area contributed by atoms with Crippen LogP contribution in [0.3, 0.4) is 0 Å². The molecule has 0 atom stereocenters. The fourth-order valence-electron chi connectivity index (χ4n) is 1.83. The number of aliphatic hydroxyl groups is 1. The lowest BCUT2D eigenvalue weighted by molar-refractivity contribution is 0.283. The molecule has 0 unspecified atom stereocenters. The summed E-state index contributed by atoms with van der Waals surface area (Å²) in [5.41, 5.74) is 2.35. The molecule has 0 bridgehead atoms. The number of nitrogens with zero attached hydrogens (tertiary/aromatic N) is 2. The summed E-state index contributed by atoms with van der Waals surface area (Å²) in [6.45, 7) is 0.295. The average Bonchev–Trinajstić information content (AvgIpc) is 2.85. The van der Waals surface area contributed by atoms with Gasteiger partial charge in [-0.1, -0.05) is 24.6 Å². The molecule has 1 N–H and O–H groups in total. The number of aromatic nitrogens is 2. The fraction of sp³-hybridized carbons (Fsp3) is 0.357. The highest BCUT2D eigenvalue weighted by Gasteiger charge is 2.00. The summed E-state index contributed by atoms with van der Waals surface area (Å²) in [5, 5.41) is 13.1. The van der Waals surface area contributed by atoms with Gasteiger partial charge in [0.05, 0.1) is 11.9 Å². The van der Waals surface area contributed by atoms with Crippen LogP contribution in [-0.4, -0.2) is 21.5 Å². The van der Waals surface area contributed by atoms with Gasteiger partial charge in [-0.3, -0.25) is 0 Å². The summed E-state index contributed by atoms with van der Waals surface area (Å²) >= 11 is 0. The van der Waals surface area contributed by atoms with Crippen molar-refractivity contribution in [2.75, 3.05) is 6.61 Å². The Balaban J connectivity index is 1.92. The zero-order chi connectivity index (χ0) is 11.9. The number of hydrogen-bond acceptors (Lipinski definition) is 2. The number of hydrogen-bond donors (Lipinski definition) is 1. The number of para-hydroxylation sites is 1. The lowest BCUT2D eigenvalue weighted by Gasteiger charge is -1.99. The molecule has 90 valence electrons. The van der Waals surface area contributed by atoms with Crippen molar-refractivity contribution in [1.82, 2.24) is 9.78 Å². The molecule has 0 aliphatic carbocycles. The Kier molecular flexibility index (Phi) is 4.33. The third kappa shape index (κ3) is 3.43. The molecule has 0 amide bonds. The number of rotatable bonds is 6. The van der Waals surface area contributed by atoms with Crippen LogP contribution in [0.1, 0.15) is 24.8 Å². The SMILES string of the molecule is OCCCCCc1cnn(-c2ccccc2)c1. The lowest BCUT2D eigenvalue weighted by Crippen LogP contribution is -1.92. The van der Waals surface area contributed by atoms with Crippen LogP contribution < -0.4 is 0 Å². The summed E-state index contributed by atoms with van der Waals surface area (Å²) in [7, 11) is 0. The zero-order valence-corrected chi connectivity index (χ0v) is 9.92. The molecule has 2 rings (SSSR count). The third-order valence-electron chi connectivity index (χ3n) is 2.78. The zero-order valence-electron chi connectivity index (χ0n) is 9.92. The monoisotopic (exact) mass is 230 g/mol. The first-order valence-electron chi connectivity index (χ1n) is 6.10. The Hall–Kier alpha value is -1.61. The molecule has 0 fully saturated rings. The minimum atomic E-state index is 0.295. The molecule has 0 saturated carbocycles. The molecule has 0 radical (unpaired) electrons. The highest BCUT2D eigenvalue weighted by Crippen LogP contribution is 2.10. The van der Waals surface area contributed by atoms with Crippen molar-refractivity contribution in [3.8, 4) is 5.69 Å². The van der Waals surface area contributed by atoms with Crippen molar-refractivity contribution < 1.29 is 5.11 Å². The second-order valence-electron chi connectivity index (χ2n) is 4.16. The Bertz CT molecular complexity index is 436. The van der Waals surface area contributed by atoms with Crippen LogP contribution in [0.15, 0.2) is 42.7 Å². The van der Waals surface area contributed by atoms with Crippen LogP contribution in [0.4, 0.5) is 0 Å². The van der Waals surface area contributed by atoms with Crippen molar-refractivity contribution in [2.45, 2.75) is 25.7 Å². The summed E-state index contributed by atoms with van der Waals surface area (Å²) in [6.07, 6.45) is 8.12. The first-order chi connectivity index (χ1) is 8.40. The van der Waals surface area contributed by atoms with Gasteiger partial charge in [-0.25, -0.2) is 4.68 Å². The second kappa shape index (κ2) is 6.21. The molecule has 0 spiro atoms. The molecule has 1 aromatic heterocycles. The van der Waals surface area contributed by atoms with Crippen molar-refractivity contribution >= 4 is 0 Å². The van der Waals surface area contributed by atoms with Crippen molar-refractivity contribution in [2.24, 2.45) is 0 Å². The van der Waals surface area contributed by atoms with E-state index in [0.717, 1.165) is 31.4 Å². The predicted octanol–water partition coefficient (Wildman–Crippen LogP) is 2.58. The number of aryl methyl sites for hydroxylation is 1. The van der Waals surface area contributed by atoms with Gasteiger partial charge in [0.2, 0.25) is 0 Å². The smallest absolute Gasteiger partial charge is 0.0645 e. The van der Waals surface area contributed by atoms with E-state index in [4.69, 9.17) is 5.11 Å². The standard InChI is InChI=1S/C14H18N2O/c17-10-6-2-3-7-13-11-15-16(12-13)14-8-4-1-5-9-14/h1,4-5,8-9,11-12,17H,2-3,6-7,10H2. The largest absolute Gasteiger partial charge is 0.396 e. The van der Waals surface area contributed by atoms with Crippen molar-refractivity contribution in [3.63, 3.8) is 0 Å². The van der Waals surface area contributed by atoms with Crippen LogP contribution in [0, 0.1) is 0 Å². The van der Waals surface area contributed by atoms with Crippen LogP contribution in [-0.2, 0) is 6.42 Å². The maximum atomic E-state index is 8.70. The lowest BCUT2D eigenvalue weighted by atomic mass is 10.1. The molecule has 0 saturated heterocycles. The van der Waals surface area contributed by atoms with Crippen LogP contribution in [0.25, 0.3) is 5.69 Å². The molecular formula is C14H18N2O. The van der Waals surface area contributed by atoms with Crippen LogP contribution >= 0.6 is 0 Å². The van der Waals surface area contributed by atoms with E-state index in [1.54, 1.807) is 0 Å². The van der Waals surface area contributed by atoms with Crippen LogP contribution in [0.5, 0.6) is 0 Å². The summed E-state index contributed by atoms with van der Waals surface area (Å²) in [6, 6.07) is 10.1. The Morgan fingerprint density at radius 1 is 1.06 bits per heavy atom. The van der Waals surface area contributed by atoms with E-state index >= 15 is 0 Å². The molecule has 0 aliphatic heterocycles. The predicted molar refractivity (Wildman–Crippen MR) is 68.2 cm³/mol. The second-order valence-corrected chi connectivity index (χ2v) is 4.16. The highest BCUT2D eigenvalue weighted by molar-refractivity contribution is 5.30. The Morgan fingerprint density at radius 3 is 2.65 bits per heavy atom. The van der Waals surface area contributed by atoms with E-state index in [1.165, 1.54) is 5.56 Å².